The van der Waals surface area contributed by atoms with E-state index in [2.05, 4.69) is 9.98 Å². The second kappa shape index (κ2) is 4.60. The quantitative estimate of drug-likeness (QED) is 0.448. The smallest absolute Gasteiger partial charge is 0.211 e. The first-order valence-corrected chi connectivity index (χ1v) is 3.86. The van der Waals surface area contributed by atoms with Crippen molar-refractivity contribution >= 4 is 12.2 Å². The van der Waals surface area contributed by atoms with E-state index in [0.29, 0.717) is 0 Å². The van der Waals surface area contributed by atoms with Gasteiger partial charge in [-0.3, -0.25) is 0 Å². The SMILES string of the molecule is O=C=NC1[CH]C(N=C=O)CCC1. The first kappa shape index (κ1) is 8.85. The molecule has 1 aliphatic rings. The summed E-state index contributed by atoms with van der Waals surface area (Å²) in [6, 6.07) is -0.225. The Hall–Kier alpha value is -1.24. The molecule has 1 fully saturated rings. The third kappa shape index (κ3) is 2.42. The summed E-state index contributed by atoms with van der Waals surface area (Å²) < 4.78 is 0. The van der Waals surface area contributed by atoms with Crippen LogP contribution in [0.2, 0.25) is 0 Å². The van der Waals surface area contributed by atoms with Crippen molar-refractivity contribution in [3.63, 3.8) is 0 Å². The minimum atomic E-state index is -0.113. The second-order valence-corrected chi connectivity index (χ2v) is 2.70. The van der Waals surface area contributed by atoms with Crippen LogP contribution in [0.3, 0.4) is 0 Å². The lowest BCUT2D eigenvalue weighted by atomic mass is 9.92. The molecule has 0 aromatic carbocycles. The van der Waals surface area contributed by atoms with E-state index in [1.165, 1.54) is 12.2 Å². The van der Waals surface area contributed by atoms with Gasteiger partial charge in [-0.1, -0.05) is 0 Å². The van der Waals surface area contributed by atoms with Crippen LogP contribution < -0.4 is 0 Å². The van der Waals surface area contributed by atoms with E-state index in [-0.39, 0.29) is 12.1 Å². The Balaban J connectivity index is 2.50. The lowest BCUT2D eigenvalue weighted by molar-refractivity contribution is 0.474. The minimum absolute atomic E-state index is 0.113. The first-order chi connectivity index (χ1) is 5.86. The van der Waals surface area contributed by atoms with E-state index < -0.39 is 0 Å². The number of aliphatic imine (C=N–C) groups is 2. The van der Waals surface area contributed by atoms with Gasteiger partial charge in [0.2, 0.25) is 12.2 Å². The molecule has 4 heteroatoms. The van der Waals surface area contributed by atoms with Crippen LogP contribution in [0.25, 0.3) is 0 Å². The molecule has 0 amide bonds. The van der Waals surface area contributed by atoms with Gasteiger partial charge in [-0.05, 0) is 19.3 Å². The fourth-order valence-corrected chi connectivity index (χ4v) is 1.34. The highest BCUT2D eigenvalue weighted by Crippen LogP contribution is 2.21. The van der Waals surface area contributed by atoms with Gasteiger partial charge < -0.3 is 0 Å². The molecular formula is C8H9N2O2. The third-order valence-electron chi connectivity index (χ3n) is 1.88. The predicted molar refractivity (Wildman–Crippen MR) is 42.0 cm³/mol. The van der Waals surface area contributed by atoms with Gasteiger partial charge in [0.05, 0.1) is 12.1 Å². The van der Waals surface area contributed by atoms with E-state index in [1.54, 1.807) is 6.42 Å². The summed E-state index contributed by atoms with van der Waals surface area (Å²) >= 11 is 0. The molecule has 1 aliphatic carbocycles. The fraction of sp³-hybridized carbons (Fsp3) is 0.625. The molecule has 12 heavy (non-hydrogen) atoms. The van der Waals surface area contributed by atoms with Crippen LogP contribution in [0.4, 0.5) is 0 Å². The molecule has 0 heterocycles. The molecule has 0 bridgehead atoms. The van der Waals surface area contributed by atoms with Gasteiger partial charge in [0.1, 0.15) is 0 Å². The highest BCUT2D eigenvalue weighted by Gasteiger charge is 2.21. The summed E-state index contributed by atoms with van der Waals surface area (Å²) in [5.74, 6) is 0. The van der Waals surface area contributed by atoms with Gasteiger partial charge in [-0.25, -0.2) is 19.6 Å². The van der Waals surface area contributed by atoms with E-state index in [1.807, 2.05) is 0 Å². The van der Waals surface area contributed by atoms with Crippen LogP contribution in [0.1, 0.15) is 19.3 Å². The lowest BCUT2D eigenvalue weighted by Gasteiger charge is -2.20. The Morgan fingerprint density at radius 2 is 1.58 bits per heavy atom. The molecule has 63 valence electrons. The first-order valence-electron chi connectivity index (χ1n) is 3.86. The van der Waals surface area contributed by atoms with Crippen LogP contribution >= 0.6 is 0 Å². The number of isocyanates is 2. The maximum absolute atomic E-state index is 9.92. The van der Waals surface area contributed by atoms with Gasteiger partial charge in [0.25, 0.3) is 0 Å². The summed E-state index contributed by atoms with van der Waals surface area (Å²) in [7, 11) is 0. The summed E-state index contributed by atoms with van der Waals surface area (Å²) in [5.41, 5.74) is 0. The van der Waals surface area contributed by atoms with E-state index >= 15 is 0 Å². The number of hydrogen-bond donors (Lipinski definition) is 0. The molecule has 1 radical (unpaired) electrons. The van der Waals surface area contributed by atoms with Crippen molar-refractivity contribution in [1.82, 2.24) is 0 Å². The highest BCUT2D eigenvalue weighted by atomic mass is 16.1. The Bertz CT molecular complexity index is 215. The van der Waals surface area contributed by atoms with Crippen molar-refractivity contribution in [3.05, 3.63) is 6.42 Å². The van der Waals surface area contributed by atoms with Crippen molar-refractivity contribution in [2.45, 2.75) is 31.3 Å². The fourth-order valence-electron chi connectivity index (χ4n) is 1.34. The summed E-state index contributed by atoms with van der Waals surface area (Å²) in [6.07, 6.45) is 7.43. The summed E-state index contributed by atoms with van der Waals surface area (Å²) in [4.78, 5) is 27.0. The van der Waals surface area contributed by atoms with Crippen molar-refractivity contribution in [1.29, 1.82) is 0 Å². The van der Waals surface area contributed by atoms with Crippen LogP contribution in [-0.4, -0.2) is 24.2 Å². The molecule has 2 atom stereocenters. The van der Waals surface area contributed by atoms with Gasteiger partial charge in [0, 0.05) is 6.42 Å². The number of carbonyl (C=O) groups excluding carboxylic acids is 2. The molecule has 2 unspecified atom stereocenters. The topological polar surface area (TPSA) is 58.9 Å². The summed E-state index contributed by atoms with van der Waals surface area (Å²) in [6.45, 7) is 0. The van der Waals surface area contributed by atoms with Crippen molar-refractivity contribution < 1.29 is 9.59 Å². The molecule has 0 spiro atoms. The Labute approximate surface area is 70.4 Å². The summed E-state index contributed by atoms with van der Waals surface area (Å²) in [5, 5.41) is 0. The number of hydrogen-bond acceptors (Lipinski definition) is 4. The average Bonchev–Trinajstić information content (AvgIpc) is 2.06. The second-order valence-electron chi connectivity index (χ2n) is 2.70. The Morgan fingerprint density at radius 3 is 2.00 bits per heavy atom. The zero-order valence-electron chi connectivity index (χ0n) is 6.56. The van der Waals surface area contributed by atoms with Crippen LogP contribution in [0.5, 0.6) is 0 Å². The van der Waals surface area contributed by atoms with Crippen molar-refractivity contribution in [3.8, 4) is 0 Å². The van der Waals surface area contributed by atoms with E-state index in [0.717, 1.165) is 19.3 Å². The van der Waals surface area contributed by atoms with Gasteiger partial charge in [-0.15, -0.1) is 0 Å². The van der Waals surface area contributed by atoms with Crippen LogP contribution in [-0.2, 0) is 9.59 Å². The highest BCUT2D eigenvalue weighted by molar-refractivity contribution is 5.36. The number of nitrogens with zero attached hydrogens (tertiary/aromatic N) is 2. The molecule has 1 saturated carbocycles. The van der Waals surface area contributed by atoms with Gasteiger partial charge in [-0.2, -0.15) is 0 Å². The molecule has 0 N–H and O–H groups in total. The Kier molecular flexibility index (Phi) is 3.39. The largest absolute Gasteiger partial charge is 0.235 e. The van der Waals surface area contributed by atoms with E-state index in [9.17, 15) is 9.59 Å². The number of rotatable bonds is 2. The maximum atomic E-state index is 9.92. The van der Waals surface area contributed by atoms with E-state index in [4.69, 9.17) is 0 Å². The third-order valence-corrected chi connectivity index (χ3v) is 1.88. The molecule has 1 rings (SSSR count). The van der Waals surface area contributed by atoms with Gasteiger partial charge in [0.15, 0.2) is 0 Å². The maximum Gasteiger partial charge on any atom is 0.235 e. The molecule has 0 aromatic rings. The van der Waals surface area contributed by atoms with Crippen LogP contribution in [0.15, 0.2) is 9.98 Å². The van der Waals surface area contributed by atoms with Crippen molar-refractivity contribution in [2.75, 3.05) is 0 Å². The zero-order valence-corrected chi connectivity index (χ0v) is 6.56. The molecule has 0 aromatic heterocycles. The average molecular weight is 165 g/mol. The molecule has 4 nitrogen and oxygen atoms in total. The standard InChI is InChI=1S/C8H9N2O2/c11-5-9-7-2-1-3-8(4-7)10-6-12/h4,7-8H,1-3H2. The molecule has 0 aliphatic heterocycles. The van der Waals surface area contributed by atoms with Gasteiger partial charge >= 0.3 is 0 Å². The van der Waals surface area contributed by atoms with Crippen LogP contribution in [0, 0.1) is 6.42 Å². The monoisotopic (exact) mass is 165 g/mol. The van der Waals surface area contributed by atoms with Crippen molar-refractivity contribution in [2.24, 2.45) is 9.98 Å². The molecule has 0 saturated heterocycles. The lowest BCUT2D eigenvalue weighted by Crippen LogP contribution is -2.21. The predicted octanol–water partition coefficient (Wildman–Crippen LogP) is 0.783. The Morgan fingerprint density at radius 1 is 1.08 bits per heavy atom. The zero-order chi connectivity index (χ0) is 8.81. The minimum Gasteiger partial charge on any atom is -0.211 e. The normalized spacial score (nSPS) is 28.3. The molecular weight excluding hydrogens is 156 g/mol.